The van der Waals surface area contributed by atoms with E-state index < -0.39 is 0 Å². The minimum atomic E-state index is -0.369. The number of aromatic nitrogens is 2. The van der Waals surface area contributed by atoms with Gasteiger partial charge in [0.05, 0.1) is 16.9 Å². The second-order valence-electron chi connectivity index (χ2n) is 5.09. The third kappa shape index (κ3) is 2.91. The summed E-state index contributed by atoms with van der Waals surface area (Å²) in [7, 11) is 0. The molecule has 0 fully saturated rings. The molecular weight excluding hydrogens is 276 g/mol. The highest BCUT2D eigenvalue weighted by Crippen LogP contribution is 2.15. The molecule has 0 saturated carbocycles. The fourth-order valence-corrected chi connectivity index (χ4v) is 2.28. The Morgan fingerprint density at radius 2 is 1.68 bits per heavy atom. The molecule has 0 N–H and O–H groups in total. The number of para-hydroxylation sites is 1. The average molecular weight is 292 g/mol. The first-order chi connectivity index (χ1) is 10.6. The molecule has 0 aliphatic rings. The first-order valence-electron chi connectivity index (χ1n) is 7.04. The Kier molecular flexibility index (Phi) is 3.74. The third-order valence-corrected chi connectivity index (χ3v) is 3.31. The van der Waals surface area contributed by atoms with Crippen molar-refractivity contribution in [1.29, 1.82) is 0 Å². The number of rotatable bonds is 3. The number of ether oxygens (including phenoxy) is 1. The van der Waals surface area contributed by atoms with Gasteiger partial charge in [-0.25, -0.2) is 9.48 Å². The summed E-state index contributed by atoms with van der Waals surface area (Å²) in [6.07, 6.45) is 0. The number of carbonyl (C=O) groups excluding carboxylic acids is 1. The summed E-state index contributed by atoms with van der Waals surface area (Å²) in [6.45, 7) is 3.95. The number of benzene rings is 2. The normalized spacial score (nSPS) is 10.5. The maximum atomic E-state index is 12.1. The second kappa shape index (κ2) is 5.85. The van der Waals surface area contributed by atoms with Crippen LogP contribution in [0.1, 0.15) is 21.7 Å². The minimum Gasteiger partial charge on any atom is -0.423 e. The molecule has 1 heterocycles. The predicted molar refractivity (Wildman–Crippen MR) is 84.4 cm³/mol. The van der Waals surface area contributed by atoms with Crippen LogP contribution in [-0.2, 0) is 0 Å². The van der Waals surface area contributed by atoms with Crippen molar-refractivity contribution in [2.45, 2.75) is 13.8 Å². The molecule has 0 bridgehead atoms. The molecule has 22 heavy (non-hydrogen) atoms. The third-order valence-electron chi connectivity index (χ3n) is 3.31. The van der Waals surface area contributed by atoms with E-state index in [-0.39, 0.29) is 5.97 Å². The number of hydrogen-bond donors (Lipinski definition) is 0. The van der Waals surface area contributed by atoms with Crippen molar-refractivity contribution < 1.29 is 9.53 Å². The standard InChI is InChI=1S/C18H16N2O2/c1-13-12-14(2)20(19-13)16-10-8-15(9-11-16)18(21)22-17-6-4-3-5-7-17/h3-12H,1-2H3. The molecule has 3 rings (SSSR count). The van der Waals surface area contributed by atoms with E-state index >= 15 is 0 Å². The Bertz CT molecular complexity index is 790. The van der Waals surface area contributed by atoms with Crippen LogP contribution >= 0.6 is 0 Å². The van der Waals surface area contributed by atoms with E-state index in [2.05, 4.69) is 5.10 Å². The summed E-state index contributed by atoms with van der Waals surface area (Å²) in [5, 5.41) is 4.42. The highest BCUT2D eigenvalue weighted by molar-refractivity contribution is 5.91. The summed E-state index contributed by atoms with van der Waals surface area (Å²) in [5.41, 5.74) is 3.44. The van der Waals surface area contributed by atoms with Crippen LogP contribution < -0.4 is 4.74 Å². The molecule has 1 aromatic heterocycles. The van der Waals surface area contributed by atoms with Crippen molar-refractivity contribution in [1.82, 2.24) is 9.78 Å². The molecule has 0 spiro atoms. The Balaban J connectivity index is 1.79. The largest absolute Gasteiger partial charge is 0.423 e. The molecule has 0 atom stereocenters. The molecule has 0 aliphatic carbocycles. The van der Waals surface area contributed by atoms with Crippen LogP contribution in [0.4, 0.5) is 0 Å². The van der Waals surface area contributed by atoms with Gasteiger partial charge in [0, 0.05) is 5.69 Å². The van der Waals surface area contributed by atoms with Crippen LogP contribution in [0.5, 0.6) is 5.75 Å². The number of carbonyl (C=O) groups is 1. The lowest BCUT2D eigenvalue weighted by molar-refractivity contribution is 0.0735. The monoisotopic (exact) mass is 292 g/mol. The van der Waals surface area contributed by atoms with Gasteiger partial charge >= 0.3 is 5.97 Å². The molecule has 4 nitrogen and oxygen atoms in total. The van der Waals surface area contributed by atoms with Crippen LogP contribution in [0.25, 0.3) is 5.69 Å². The molecule has 0 aliphatic heterocycles. The van der Waals surface area contributed by atoms with Crippen molar-refractivity contribution in [3.8, 4) is 11.4 Å². The quantitative estimate of drug-likeness (QED) is 0.546. The van der Waals surface area contributed by atoms with E-state index in [4.69, 9.17) is 4.74 Å². The van der Waals surface area contributed by atoms with Crippen molar-refractivity contribution >= 4 is 5.97 Å². The summed E-state index contributed by atoms with van der Waals surface area (Å²) in [4.78, 5) is 12.1. The zero-order valence-corrected chi connectivity index (χ0v) is 12.5. The summed E-state index contributed by atoms with van der Waals surface area (Å²) in [5.74, 6) is 0.168. The van der Waals surface area contributed by atoms with Gasteiger partial charge in [0.1, 0.15) is 5.75 Å². The summed E-state index contributed by atoms with van der Waals surface area (Å²) in [6, 6.07) is 18.3. The van der Waals surface area contributed by atoms with Crippen molar-refractivity contribution in [3.05, 3.63) is 77.6 Å². The molecule has 0 amide bonds. The molecule has 4 heteroatoms. The van der Waals surface area contributed by atoms with Crippen LogP contribution in [0.3, 0.4) is 0 Å². The number of nitrogens with zero attached hydrogens (tertiary/aromatic N) is 2. The Labute approximate surface area is 129 Å². The van der Waals surface area contributed by atoms with Gasteiger partial charge < -0.3 is 4.74 Å². The van der Waals surface area contributed by atoms with Gasteiger partial charge in [0.25, 0.3) is 0 Å². The number of hydrogen-bond acceptors (Lipinski definition) is 3. The first kappa shape index (κ1) is 14.1. The molecule has 0 radical (unpaired) electrons. The van der Waals surface area contributed by atoms with E-state index in [1.54, 1.807) is 24.3 Å². The van der Waals surface area contributed by atoms with Crippen molar-refractivity contribution in [2.24, 2.45) is 0 Å². The molecular formula is C18H16N2O2. The lowest BCUT2D eigenvalue weighted by atomic mass is 10.2. The fraction of sp³-hybridized carbons (Fsp3) is 0.111. The van der Waals surface area contributed by atoms with E-state index in [1.807, 2.05) is 54.9 Å². The Morgan fingerprint density at radius 1 is 1.00 bits per heavy atom. The zero-order valence-electron chi connectivity index (χ0n) is 12.5. The molecule has 3 aromatic rings. The zero-order chi connectivity index (χ0) is 15.5. The molecule has 110 valence electrons. The fourth-order valence-electron chi connectivity index (χ4n) is 2.28. The van der Waals surface area contributed by atoms with Crippen LogP contribution in [0, 0.1) is 13.8 Å². The van der Waals surface area contributed by atoms with E-state index in [0.717, 1.165) is 17.1 Å². The smallest absolute Gasteiger partial charge is 0.343 e. The predicted octanol–water partition coefficient (Wildman–Crippen LogP) is 3.71. The van der Waals surface area contributed by atoms with Gasteiger partial charge in [-0.2, -0.15) is 5.10 Å². The second-order valence-corrected chi connectivity index (χ2v) is 5.09. The van der Waals surface area contributed by atoms with Crippen molar-refractivity contribution in [2.75, 3.05) is 0 Å². The molecule has 0 saturated heterocycles. The van der Waals surface area contributed by atoms with Crippen LogP contribution in [0.2, 0.25) is 0 Å². The highest BCUT2D eigenvalue weighted by Gasteiger charge is 2.09. The Morgan fingerprint density at radius 3 is 2.27 bits per heavy atom. The average Bonchev–Trinajstić information content (AvgIpc) is 2.87. The van der Waals surface area contributed by atoms with Gasteiger partial charge in [-0.3, -0.25) is 0 Å². The Hall–Kier alpha value is -2.88. The highest BCUT2D eigenvalue weighted by atomic mass is 16.5. The van der Waals surface area contributed by atoms with Gasteiger partial charge in [-0.1, -0.05) is 18.2 Å². The topological polar surface area (TPSA) is 44.1 Å². The maximum absolute atomic E-state index is 12.1. The number of esters is 1. The van der Waals surface area contributed by atoms with Gasteiger partial charge in [-0.15, -0.1) is 0 Å². The summed E-state index contributed by atoms with van der Waals surface area (Å²) < 4.78 is 7.16. The maximum Gasteiger partial charge on any atom is 0.343 e. The lowest BCUT2D eigenvalue weighted by Crippen LogP contribution is -2.08. The minimum absolute atomic E-state index is 0.369. The van der Waals surface area contributed by atoms with Gasteiger partial charge in [-0.05, 0) is 56.3 Å². The van der Waals surface area contributed by atoms with Crippen LogP contribution in [0.15, 0.2) is 60.7 Å². The first-order valence-corrected chi connectivity index (χ1v) is 7.04. The van der Waals surface area contributed by atoms with Crippen molar-refractivity contribution in [3.63, 3.8) is 0 Å². The summed E-state index contributed by atoms with van der Waals surface area (Å²) >= 11 is 0. The van der Waals surface area contributed by atoms with Gasteiger partial charge in [0.15, 0.2) is 0 Å². The van der Waals surface area contributed by atoms with E-state index in [9.17, 15) is 4.79 Å². The van der Waals surface area contributed by atoms with Gasteiger partial charge in [0.2, 0.25) is 0 Å². The van der Waals surface area contributed by atoms with E-state index in [0.29, 0.717) is 11.3 Å². The van der Waals surface area contributed by atoms with Crippen LogP contribution in [-0.4, -0.2) is 15.7 Å². The number of aryl methyl sites for hydroxylation is 2. The van der Waals surface area contributed by atoms with E-state index in [1.165, 1.54) is 0 Å². The molecule has 2 aromatic carbocycles. The lowest BCUT2D eigenvalue weighted by Gasteiger charge is -2.07. The SMILES string of the molecule is Cc1cc(C)n(-c2ccc(C(=O)Oc3ccccc3)cc2)n1. The molecule has 0 unspecified atom stereocenters.